The van der Waals surface area contributed by atoms with Crippen LogP contribution in [0.5, 0.6) is 5.75 Å². The number of hydrogen-bond donors (Lipinski definition) is 3. The van der Waals surface area contributed by atoms with Crippen LogP contribution in [0.4, 0.5) is 5.69 Å². The van der Waals surface area contributed by atoms with Gasteiger partial charge in [-0.05, 0) is 49.2 Å². The first-order valence-corrected chi connectivity index (χ1v) is 10.9. The number of nitrogens with zero attached hydrogens (tertiary/aromatic N) is 2. The fourth-order valence-electron chi connectivity index (χ4n) is 3.45. The second-order valence-corrected chi connectivity index (χ2v) is 7.81. The maximum atomic E-state index is 12.2. The Morgan fingerprint density at radius 2 is 2.03 bits per heavy atom. The molecule has 0 spiro atoms. The Kier molecular flexibility index (Phi) is 8.41. The van der Waals surface area contributed by atoms with E-state index in [9.17, 15) is 4.79 Å². The zero-order valence-corrected chi connectivity index (χ0v) is 18.8. The summed E-state index contributed by atoms with van der Waals surface area (Å²) in [5.41, 5.74) is 2.13. The van der Waals surface area contributed by atoms with Crippen molar-refractivity contribution in [1.29, 1.82) is 0 Å². The van der Waals surface area contributed by atoms with Crippen molar-refractivity contribution in [3.05, 3.63) is 59.1 Å². The highest BCUT2D eigenvalue weighted by Gasteiger charge is 2.23. The first-order valence-electron chi connectivity index (χ1n) is 10.5. The first kappa shape index (κ1) is 22.7. The summed E-state index contributed by atoms with van der Waals surface area (Å²) in [5.74, 6) is 1.32. The second-order valence-electron chi connectivity index (χ2n) is 7.38. The van der Waals surface area contributed by atoms with Crippen LogP contribution >= 0.6 is 11.6 Å². The number of nitrogens with one attached hydrogen (secondary N) is 3. The molecule has 1 fully saturated rings. The predicted octanol–water partition coefficient (Wildman–Crippen LogP) is 2.80. The number of carbonyl (C=O) groups excluding carboxylic acids is 1. The molecule has 0 bridgehead atoms. The quantitative estimate of drug-likeness (QED) is 0.432. The molecule has 31 heavy (non-hydrogen) atoms. The number of halogens is 1. The highest BCUT2D eigenvalue weighted by atomic mass is 35.5. The van der Waals surface area contributed by atoms with Crippen LogP contribution < -0.4 is 25.6 Å². The highest BCUT2D eigenvalue weighted by molar-refractivity contribution is 6.30. The van der Waals surface area contributed by atoms with Crippen molar-refractivity contribution in [2.24, 2.45) is 4.99 Å². The van der Waals surface area contributed by atoms with Crippen molar-refractivity contribution < 1.29 is 9.53 Å². The average Bonchev–Trinajstić information content (AvgIpc) is 3.25. The molecule has 1 saturated heterocycles. The molecule has 7 nitrogen and oxygen atoms in total. The van der Waals surface area contributed by atoms with Crippen molar-refractivity contribution >= 4 is 29.2 Å². The van der Waals surface area contributed by atoms with Gasteiger partial charge in [-0.2, -0.15) is 0 Å². The van der Waals surface area contributed by atoms with Crippen LogP contribution in [0.15, 0.2) is 53.5 Å². The molecule has 0 aliphatic carbocycles. The zero-order valence-electron chi connectivity index (χ0n) is 18.0. The van der Waals surface area contributed by atoms with Gasteiger partial charge in [0.15, 0.2) is 5.96 Å². The molecule has 2 aromatic rings. The van der Waals surface area contributed by atoms with Crippen molar-refractivity contribution in [3.63, 3.8) is 0 Å². The topological polar surface area (TPSA) is 78.0 Å². The Bertz CT molecular complexity index is 888. The summed E-state index contributed by atoms with van der Waals surface area (Å²) in [4.78, 5) is 19.0. The number of hydrogen-bond acceptors (Lipinski definition) is 4. The molecule has 1 amide bonds. The number of benzene rings is 2. The summed E-state index contributed by atoms with van der Waals surface area (Å²) < 4.78 is 5.15. The third-order valence-corrected chi connectivity index (χ3v) is 5.31. The molecule has 0 saturated carbocycles. The van der Waals surface area contributed by atoms with Crippen LogP contribution in [-0.2, 0) is 11.3 Å². The molecule has 3 N–H and O–H groups in total. The van der Waals surface area contributed by atoms with Gasteiger partial charge in [-0.15, -0.1) is 0 Å². The number of aliphatic imine (C=N–C) groups is 1. The lowest BCUT2D eigenvalue weighted by atomic mass is 10.2. The summed E-state index contributed by atoms with van der Waals surface area (Å²) in [6, 6.07) is 15.8. The standard InChI is InChI=1S/C23H30ClN5O2/c1-3-25-23(27-15-22(30)26-14-17-7-9-21(31-2)10-8-17)28-19-11-12-29(16-19)20-6-4-5-18(24)13-20/h4-10,13,19H,3,11-12,14-16H2,1-2H3,(H,26,30)(H2,25,27,28). The van der Waals surface area contributed by atoms with E-state index in [2.05, 4.69) is 31.9 Å². The van der Waals surface area contributed by atoms with E-state index in [0.717, 1.165) is 48.1 Å². The largest absolute Gasteiger partial charge is 0.497 e. The first-order chi connectivity index (χ1) is 15.1. The van der Waals surface area contributed by atoms with Crippen molar-refractivity contribution in [2.75, 3.05) is 38.2 Å². The van der Waals surface area contributed by atoms with Gasteiger partial charge < -0.3 is 25.6 Å². The monoisotopic (exact) mass is 443 g/mol. The minimum atomic E-state index is -0.125. The van der Waals surface area contributed by atoms with Crippen LogP contribution in [0.25, 0.3) is 0 Å². The van der Waals surface area contributed by atoms with Gasteiger partial charge >= 0.3 is 0 Å². The number of ether oxygens (including phenoxy) is 1. The molecule has 8 heteroatoms. The van der Waals surface area contributed by atoms with E-state index < -0.39 is 0 Å². The predicted molar refractivity (Wildman–Crippen MR) is 126 cm³/mol. The van der Waals surface area contributed by atoms with E-state index in [1.54, 1.807) is 7.11 Å². The lowest BCUT2D eigenvalue weighted by Gasteiger charge is -2.20. The SMILES string of the molecule is CCNC(=NCC(=O)NCc1ccc(OC)cc1)NC1CCN(c2cccc(Cl)c2)C1. The van der Waals surface area contributed by atoms with Gasteiger partial charge in [0.25, 0.3) is 0 Å². The van der Waals surface area contributed by atoms with E-state index in [-0.39, 0.29) is 18.5 Å². The third-order valence-electron chi connectivity index (χ3n) is 5.08. The normalized spacial score (nSPS) is 16.2. The van der Waals surface area contributed by atoms with Crippen LogP contribution in [0, 0.1) is 0 Å². The third kappa shape index (κ3) is 7.07. The molecule has 1 aliphatic heterocycles. The van der Waals surface area contributed by atoms with Crippen LogP contribution in [0.2, 0.25) is 5.02 Å². The Labute approximate surface area is 188 Å². The van der Waals surface area contributed by atoms with Crippen LogP contribution in [0.1, 0.15) is 18.9 Å². The highest BCUT2D eigenvalue weighted by Crippen LogP contribution is 2.23. The number of amides is 1. The maximum absolute atomic E-state index is 12.2. The molecule has 0 aromatic heterocycles. The Balaban J connectivity index is 1.48. The van der Waals surface area contributed by atoms with Crippen LogP contribution in [0.3, 0.4) is 0 Å². The number of anilines is 1. The van der Waals surface area contributed by atoms with Gasteiger partial charge in [0.2, 0.25) is 5.91 Å². The number of rotatable bonds is 8. The Morgan fingerprint density at radius 3 is 2.74 bits per heavy atom. The molecule has 1 heterocycles. The summed E-state index contributed by atoms with van der Waals surface area (Å²) in [6.07, 6.45) is 0.987. The molecule has 1 aliphatic rings. The molecule has 2 aromatic carbocycles. The van der Waals surface area contributed by atoms with Crippen molar-refractivity contribution in [2.45, 2.75) is 25.9 Å². The average molecular weight is 444 g/mol. The van der Waals surface area contributed by atoms with Gasteiger partial charge in [0.05, 0.1) is 7.11 Å². The van der Waals surface area contributed by atoms with E-state index in [4.69, 9.17) is 16.3 Å². The molecular formula is C23H30ClN5O2. The Hall–Kier alpha value is -2.93. The van der Waals surface area contributed by atoms with Gasteiger partial charge in [0.1, 0.15) is 12.3 Å². The van der Waals surface area contributed by atoms with E-state index in [1.807, 2.05) is 49.4 Å². The van der Waals surface area contributed by atoms with E-state index in [0.29, 0.717) is 12.5 Å². The molecule has 166 valence electrons. The van der Waals surface area contributed by atoms with Gasteiger partial charge in [0, 0.05) is 42.9 Å². The number of carbonyl (C=O) groups is 1. The Morgan fingerprint density at radius 1 is 1.23 bits per heavy atom. The molecular weight excluding hydrogens is 414 g/mol. The number of methoxy groups -OCH3 is 1. The maximum Gasteiger partial charge on any atom is 0.242 e. The van der Waals surface area contributed by atoms with Gasteiger partial charge in [-0.3, -0.25) is 4.79 Å². The molecule has 1 atom stereocenters. The summed E-state index contributed by atoms with van der Waals surface area (Å²) in [7, 11) is 1.63. The minimum Gasteiger partial charge on any atom is -0.497 e. The molecule has 3 rings (SSSR count). The molecule has 0 radical (unpaired) electrons. The van der Waals surface area contributed by atoms with Gasteiger partial charge in [-0.25, -0.2) is 4.99 Å². The van der Waals surface area contributed by atoms with E-state index >= 15 is 0 Å². The second kappa shape index (κ2) is 11.5. The van der Waals surface area contributed by atoms with Crippen molar-refractivity contribution in [3.8, 4) is 5.75 Å². The van der Waals surface area contributed by atoms with Gasteiger partial charge in [-0.1, -0.05) is 29.8 Å². The smallest absolute Gasteiger partial charge is 0.242 e. The number of guanidine groups is 1. The fraction of sp³-hybridized carbons (Fsp3) is 0.391. The fourth-order valence-corrected chi connectivity index (χ4v) is 3.63. The summed E-state index contributed by atoms with van der Waals surface area (Å²) in [6.45, 7) is 5.06. The van der Waals surface area contributed by atoms with Crippen LogP contribution in [-0.4, -0.2) is 51.2 Å². The van der Waals surface area contributed by atoms with E-state index in [1.165, 1.54) is 0 Å². The molecule has 1 unspecified atom stereocenters. The summed E-state index contributed by atoms with van der Waals surface area (Å²) >= 11 is 6.12. The zero-order chi connectivity index (χ0) is 22.1. The minimum absolute atomic E-state index is 0.0657. The lowest BCUT2D eigenvalue weighted by molar-refractivity contribution is -0.119. The van der Waals surface area contributed by atoms with Crippen molar-refractivity contribution in [1.82, 2.24) is 16.0 Å². The summed E-state index contributed by atoms with van der Waals surface area (Å²) in [5, 5.41) is 10.3. The lowest BCUT2D eigenvalue weighted by Crippen LogP contribution is -2.45.